The quantitative estimate of drug-likeness (QED) is 0.0807. The summed E-state index contributed by atoms with van der Waals surface area (Å²) in [5.41, 5.74) is 11.8. The van der Waals surface area contributed by atoms with Gasteiger partial charge in [0.05, 0.1) is 0 Å². The van der Waals surface area contributed by atoms with E-state index in [2.05, 4.69) is 16.0 Å². The topological polar surface area (TPSA) is 186 Å². The van der Waals surface area contributed by atoms with E-state index in [9.17, 15) is 24.3 Å². The molecule has 0 aliphatic heterocycles. The minimum Gasteiger partial charge on any atom is -0.480 e. The first-order valence-electron chi connectivity index (χ1n) is 13.8. The summed E-state index contributed by atoms with van der Waals surface area (Å²) >= 11 is 0. The van der Waals surface area contributed by atoms with Crippen LogP contribution in [0.15, 0.2) is 30.3 Å². The Labute approximate surface area is 245 Å². The van der Waals surface area contributed by atoms with E-state index in [0.717, 1.165) is 37.0 Å². The van der Waals surface area contributed by atoms with Crippen molar-refractivity contribution in [2.24, 2.45) is 11.5 Å². The molecule has 0 aliphatic rings. The van der Waals surface area contributed by atoms with Gasteiger partial charge in [0.1, 0.15) is 18.7 Å². The number of nitrogens with two attached hydrogens (primary N) is 2. The molecular formula is C27H45N5O6S2. The standard InChI is InChI=1S/C27H45N5O6S2/c28-15-6-2-8-17-30-24(33)13-9-18-39-40-19-14-22(25(34)31-23(26(35)36)12-5-7-16-29)32-27(37)38-20-21-10-3-1-4-11-21/h1,3-4,10-11,22-23H,2,5-9,12-20,28-29H2,(H,30,33)(H,31,34)(H,32,37)(H,35,36)/t22-,23-/m0/s1. The van der Waals surface area contributed by atoms with Gasteiger partial charge in [-0.3, -0.25) is 9.59 Å². The van der Waals surface area contributed by atoms with Crippen molar-refractivity contribution in [2.45, 2.75) is 76.5 Å². The zero-order valence-electron chi connectivity index (χ0n) is 23.1. The summed E-state index contributed by atoms with van der Waals surface area (Å²) < 4.78 is 5.25. The van der Waals surface area contributed by atoms with E-state index in [-0.39, 0.29) is 25.4 Å². The number of aliphatic carboxylic acids is 1. The highest BCUT2D eigenvalue weighted by atomic mass is 33.1. The van der Waals surface area contributed by atoms with Crippen LogP contribution in [0.1, 0.15) is 63.4 Å². The molecule has 0 aromatic heterocycles. The van der Waals surface area contributed by atoms with Crippen LogP contribution in [0.5, 0.6) is 0 Å². The van der Waals surface area contributed by atoms with Gasteiger partial charge in [-0.15, -0.1) is 0 Å². The first-order chi connectivity index (χ1) is 19.4. The zero-order valence-corrected chi connectivity index (χ0v) is 24.7. The minimum absolute atomic E-state index is 0.0350. The second-order valence-electron chi connectivity index (χ2n) is 9.18. The third kappa shape index (κ3) is 18.0. The maximum absolute atomic E-state index is 13.0. The Morgan fingerprint density at radius 1 is 0.825 bits per heavy atom. The third-order valence-electron chi connectivity index (χ3n) is 5.79. The van der Waals surface area contributed by atoms with Gasteiger partial charge in [0.2, 0.25) is 11.8 Å². The van der Waals surface area contributed by atoms with E-state index >= 15 is 0 Å². The van der Waals surface area contributed by atoms with Gasteiger partial charge in [-0.05, 0) is 63.6 Å². The first-order valence-corrected chi connectivity index (χ1v) is 16.3. The summed E-state index contributed by atoms with van der Waals surface area (Å²) in [6, 6.07) is 7.11. The van der Waals surface area contributed by atoms with Crippen molar-refractivity contribution >= 4 is 45.5 Å². The molecule has 0 heterocycles. The molecule has 8 N–H and O–H groups in total. The number of unbranched alkanes of at least 4 members (excludes halogenated alkanes) is 3. The predicted octanol–water partition coefficient (Wildman–Crippen LogP) is 2.78. The van der Waals surface area contributed by atoms with Crippen LogP contribution >= 0.6 is 21.6 Å². The number of nitrogens with one attached hydrogen (secondary N) is 3. The summed E-state index contributed by atoms with van der Waals surface area (Å²) in [6.45, 7) is 1.82. The number of hydrogen-bond acceptors (Lipinski definition) is 9. The van der Waals surface area contributed by atoms with Crippen LogP contribution in [0.4, 0.5) is 4.79 Å². The number of rotatable bonds is 23. The fraction of sp³-hybridized carbons (Fsp3) is 0.630. The maximum atomic E-state index is 13.0. The lowest BCUT2D eigenvalue weighted by Crippen LogP contribution is -2.51. The van der Waals surface area contributed by atoms with Gasteiger partial charge in [0.15, 0.2) is 0 Å². The number of ether oxygens (including phenoxy) is 1. The van der Waals surface area contributed by atoms with Crippen LogP contribution in [0.2, 0.25) is 0 Å². The van der Waals surface area contributed by atoms with Gasteiger partial charge in [0.25, 0.3) is 0 Å². The fourth-order valence-electron chi connectivity index (χ4n) is 3.54. The molecular weight excluding hydrogens is 554 g/mol. The van der Waals surface area contributed by atoms with Crippen molar-refractivity contribution in [3.63, 3.8) is 0 Å². The number of carbonyl (C=O) groups is 4. The first kappa shape index (κ1) is 35.5. The number of amides is 3. The molecule has 0 bridgehead atoms. The molecule has 226 valence electrons. The molecule has 2 atom stereocenters. The second kappa shape index (κ2) is 23.2. The zero-order chi connectivity index (χ0) is 29.4. The molecule has 3 amide bonds. The summed E-state index contributed by atoms with van der Waals surface area (Å²) in [5.74, 6) is -0.393. The molecule has 40 heavy (non-hydrogen) atoms. The van der Waals surface area contributed by atoms with E-state index in [1.807, 2.05) is 30.3 Å². The Morgan fingerprint density at radius 2 is 1.52 bits per heavy atom. The Morgan fingerprint density at radius 3 is 2.23 bits per heavy atom. The van der Waals surface area contributed by atoms with Crippen LogP contribution in [0.3, 0.4) is 0 Å². The SMILES string of the molecule is NCCCCCNC(=O)CCCSSCC[C@H](NC(=O)OCc1ccccc1)C(=O)N[C@@H](CCCCN)C(=O)O. The van der Waals surface area contributed by atoms with Gasteiger partial charge < -0.3 is 37.3 Å². The molecule has 0 radical (unpaired) electrons. The number of carboxylic acid groups (broad SMARTS) is 1. The minimum atomic E-state index is -1.14. The molecule has 13 heteroatoms. The van der Waals surface area contributed by atoms with Gasteiger partial charge in [-0.2, -0.15) is 0 Å². The third-order valence-corrected chi connectivity index (χ3v) is 8.31. The molecule has 0 saturated carbocycles. The lowest BCUT2D eigenvalue weighted by Gasteiger charge is -2.21. The summed E-state index contributed by atoms with van der Waals surface area (Å²) in [6.07, 6.45) is 5.05. The van der Waals surface area contributed by atoms with Crippen LogP contribution in [-0.4, -0.2) is 72.2 Å². The second-order valence-corrected chi connectivity index (χ2v) is 11.9. The van der Waals surface area contributed by atoms with Crippen molar-refractivity contribution in [3.8, 4) is 0 Å². The van der Waals surface area contributed by atoms with Crippen molar-refractivity contribution in [1.82, 2.24) is 16.0 Å². The van der Waals surface area contributed by atoms with E-state index < -0.39 is 30.1 Å². The number of alkyl carbamates (subject to hydrolysis) is 1. The van der Waals surface area contributed by atoms with E-state index in [1.54, 1.807) is 10.8 Å². The average molecular weight is 600 g/mol. The summed E-state index contributed by atoms with van der Waals surface area (Å²) in [7, 11) is 3.11. The highest BCUT2D eigenvalue weighted by Gasteiger charge is 2.26. The van der Waals surface area contributed by atoms with Crippen molar-refractivity contribution in [1.29, 1.82) is 0 Å². The van der Waals surface area contributed by atoms with Crippen LogP contribution in [0.25, 0.3) is 0 Å². The monoisotopic (exact) mass is 599 g/mol. The molecule has 1 rings (SSSR count). The Balaban J connectivity index is 2.49. The lowest BCUT2D eigenvalue weighted by molar-refractivity contribution is -0.142. The van der Waals surface area contributed by atoms with E-state index in [4.69, 9.17) is 16.2 Å². The summed E-state index contributed by atoms with van der Waals surface area (Å²) in [5, 5.41) is 17.5. The number of carboxylic acids is 1. The Kier molecular flexibility index (Phi) is 20.7. The average Bonchev–Trinajstić information content (AvgIpc) is 2.94. The molecule has 0 aliphatic carbocycles. The number of carbonyl (C=O) groups excluding carboxylic acids is 3. The number of benzene rings is 1. The van der Waals surface area contributed by atoms with Crippen LogP contribution < -0.4 is 27.4 Å². The predicted molar refractivity (Wildman–Crippen MR) is 161 cm³/mol. The van der Waals surface area contributed by atoms with Crippen molar-refractivity contribution < 1.29 is 29.0 Å². The van der Waals surface area contributed by atoms with Crippen molar-refractivity contribution in [3.05, 3.63) is 35.9 Å². The van der Waals surface area contributed by atoms with Gasteiger partial charge in [-0.1, -0.05) is 58.3 Å². The maximum Gasteiger partial charge on any atom is 0.408 e. The molecule has 0 spiro atoms. The molecule has 11 nitrogen and oxygen atoms in total. The summed E-state index contributed by atoms with van der Waals surface area (Å²) in [4.78, 5) is 48.9. The van der Waals surface area contributed by atoms with Crippen LogP contribution in [0, 0.1) is 0 Å². The highest BCUT2D eigenvalue weighted by molar-refractivity contribution is 8.76. The van der Waals surface area contributed by atoms with Gasteiger partial charge >= 0.3 is 12.1 Å². The normalized spacial score (nSPS) is 12.2. The molecule has 0 saturated heterocycles. The Hall–Kier alpha value is -2.48. The molecule has 0 fully saturated rings. The Bertz CT molecular complexity index is 865. The lowest BCUT2D eigenvalue weighted by atomic mass is 10.1. The molecule has 0 unspecified atom stereocenters. The molecule has 1 aromatic carbocycles. The van der Waals surface area contributed by atoms with E-state index in [1.165, 1.54) is 10.8 Å². The van der Waals surface area contributed by atoms with Crippen molar-refractivity contribution in [2.75, 3.05) is 31.1 Å². The number of hydrogen-bond donors (Lipinski definition) is 6. The van der Waals surface area contributed by atoms with Gasteiger partial charge in [0, 0.05) is 24.5 Å². The van der Waals surface area contributed by atoms with E-state index in [0.29, 0.717) is 44.6 Å². The smallest absolute Gasteiger partial charge is 0.408 e. The van der Waals surface area contributed by atoms with Gasteiger partial charge in [-0.25, -0.2) is 9.59 Å². The fourth-order valence-corrected chi connectivity index (χ4v) is 5.72. The largest absolute Gasteiger partial charge is 0.480 e. The highest BCUT2D eigenvalue weighted by Crippen LogP contribution is 2.24. The molecule has 1 aromatic rings. The van der Waals surface area contributed by atoms with Crippen LogP contribution in [-0.2, 0) is 25.7 Å².